The van der Waals surface area contributed by atoms with Crippen LogP contribution in [0.3, 0.4) is 0 Å². The van der Waals surface area contributed by atoms with Gasteiger partial charge in [-0.05, 0) is 27.2 Å². The number of hydrogen-bond acceptors (Lipinski definition) is 2. The molecule has 0 saturated heterocycles. The Hall–Kier alpha value is -0.990. The monoisotopic (exact) mass is 181 g/mol. The highest BCUT2D eigenvalue weighted by Gasteiger charge is 2.12. The van der Waals surface area contributed by atoms with Crippen molar-refractivity contribution >= 4 is 5.69 Å². The van der Waals surface area contributed by atoms with Crippen LogP contribution in [0.1, 0.15) is 44.1 Å². The maximum absolute atomic E-state index is 5.85. The number of hydrogen-bond donors (Lipinski definition) is 1. The van der Waals surface area contributed by atoms with Gasteiger partial charge in [-0.3, -0.25) is 4.68 Å². The molecule has 1 aromatic heterocycles. The van der Waals surface area contributed by atoms with E-state index >= 15 is 0 Å². The average Bonchev–Trinajstić information content (AvgIpc) is 2.33. The van der Waals surface area contributed by atoms with Crippen LogP contribution in [0.2, 0.25) is 0 Å². The third kappa shape index (κ3) is 1.85. The van der Waals surface area contributed by atoms with E-state index in [0.29, 0.717) is 6.04 Å². The normalized spacial score (nSPS) is 13.2. The lowest BCUT2D eigenvalue weighted by Crippen LogP contribution is -2.08. The largest absolute Gasteiger partial charge is 0.396 e. The summed E-state index contributed by atoms with van der Waals surface area (Å²) in [6, 6.07) is 0.459. The topological polar surface area (TPSA) is 43.8 Å². The highest BCUT2D eigenvalue weighted by Crippen LogP contribution is 2.21. The smallest absolute Gasteiger partial charge is 0.0826 e. The fourth-order valence-electron chi connectivity index (χ4n) is 1.64. The third-order valence-electron chi connectivity index (χ3n) is 2.50. The van der Waals surface area contributed by atoms with Crippen LogP contribution in [0.4, 0.5) is 5.69 Å². The van der Waals surface area contributed by atoms with Gasteiger partial charge in [0.25, 0.3) is 0 Å². The van der Waals surface area contributed by atoms with E-state index in [2.05, 4.69) is 18.9 Å². The Bertz CT molecular complexity index is 289. The molecule has 0 amide bonds. The molecule has 0 radical (unpaired) electrons. The molecule has 1 aromatic rings. The van der Waals surface area contributed by atoms with Crippen molar-refractivity contribution in [1.29, 1.82) is 0 Å². The van der Waals surface area contributed by atoms with Crippen LogP contribution >= 0.6 is 0 Å². The number of nitrogens with zero attached hydrogens (tertiary/aromatic N) is 2. The standard InChI is InChI=1S/C10H19N3/c1-5-6-7(2)13-9(4)10(11)8(3)12-13/h7H,5-6,11H2,1-4H3. The van der Waals surface area contributed by atoms with Gasteiger partial charge in [0.05, 0.1) is 17.1 Å². The van der Waals surface area contributed by atoms with Gasteiger partial charge in [0.15, 0.2) is 0 Å². The summed E-state index contributed by atoms with van der Waals surface area (Å²) in [6.45, 7) is 8.35. The first kappa shape index (κ1) is 10.1. The summed E-state index contributed by atoms with van der Waals surface area (Å²) in [5.74, 6) is 0. The van der Waals surface area contributed by atoms with Gasteiger partial charge in [0.1, 0.15) is 0 Å². The van der Waals surface area contributed by atoms with Crippen LogP contribution in [-0.2, 0) is 0 Å². The number of nitrogens with two attached hydrogens (primary N) is 1. The Morgan fingerprint density at radius 1 is 1.46 bits per heavy atom. The van der Waals surface area contributed by atoms with E-state index in [1.807, 2.05) is 18.5 Å². The van der Waals surface area contributed by atoms with Crippen LogP contribution < -0.4 is 5.73 Å². The first-order chi connectivity index (χ1) is 6.07. The van der Waals surface area contributed by atoms with Crippen molar-refractivity contribution < 1.29 is 0 Å². The maximum atomic E-state index is 5.85. The summed E-state index contributed by atoms with van der Waals surface area (Å²) < 4.78 is 2.04. The minimum absolute atomic E-state index is 0.459. The second kappa shape index (κ2) is 3.81. The molecule has 0 spiro atoms. The average molecular weight is 181 g/mol. The van der Waals surface area contributed by atoms with E-state index in [4.69, 9.17) is 5.73 Å². The van der Waals surface area contributed by atoms with Crippen molar-refractivity contribution in [1.82, 2.24) is 9.78 Å². The van der Waals surface area contributed by atoms with Crippen LogP contribution in [0.25, 0.3) is 0 Å². The van der Waals surface area contributed by atoms with Crippen molar-refractivity contribution in [3.63, 3.8) is 0 Å². The lowest BCUT2D eigenvalue weighted by atomic mass is 10.2. The zero-order valence-corrected chi connectivity index (χ0v) is 8.96. The summed E-state index contributed by atoms with van der Waals surface area (Å²) in [5, 5.41) is 4.42. The zero-order valence-electron chi connectivity index (χ0n) is 8.96. The number of aryl methyl sites for hydroxylation is 1. The van der Waals surface area contributed by atoms with Gasteiger partial charge >= 0.3 is 0 Å². The highest BCUT2D eigenvalue weighted by atomic mass is 15.3. The van der Waals surface area contributed by atoms with Gasteiger partial charge in [-0.2, -0.15) is 5.10 Å². The summed E-state index contributed by atoms with van der Waals surface area (Å²) in [6.07, 6.45) is 2.33. The summed E-state index contributed by atoms with van der Waals surface area (Å²) in [4.78, 5) is 0. The fraction of sp³-hybridized carbons (Fsp3) is 0.700. The molecule has 1 unspecified atom stereocenters. The Morgan fingerprint density at radius 2 is 2.08 bits per heavy atom. The van der Waals surface area contributed by atoms with Gasteiger partial charge in [-0.1, -0.05) is 13.3 Å². The van der Waals surface area contributed by atoms with Crippen molar-refractivity contribution in [3.8, 4) is 0 Å². The first-order valence-electron chi connectivity index (χ1n) is 4.89. The van der Waals surface area contributed by atoms with Gasteiger partial charge < -0.3 is 5.73 Å². The minimum atomic E-state index is 0.459. The van der Waals surface area contributed by atoms with Crippen molar-refractivity contribution in [2.24, 2.45) is 0 Å². The zero-order chi connectivity index (χ0) is 10.0. The molecule has 1 rings (SSSR count). The number of rotatable bonds is 3. The molecule has 0 aliphatic carbocycles. The molecule has 1 heterocycles. The third-order valence-corrected chi connectivity index (χ3v) is 2.50. The Balaban J connectivity index is 2.94. The first-order valence-corrected chi connectivity index (χ1v) is 4.89. The molecule has 0 aliphatic rings. The van der Waals surface area contributed by atoms with Crippen molar-refractivity contribution in [2.45, 2.75) is 46.6 Å². The SMILES string of the molecule is CCCC(C)n1nc(C)c(N)c1C. The van der Waals surface area contributed by atoms with Gasteiger partial charge in [0, 0.05) is 6.04 Å². The predicted molar refractivity (Wildman–Crippen MR) is 55.7 cm³/mol. The summed E-state index contributed by atoms with van der Waals surface area (Å²) in [5.41, 5.74) is 8.73. The molecular formula is C10H19N3. The van der Waals surface area contributed by atoms with E-state index in [-0.39, 0.29) is 0 Å². The van der Waals surface area contributed by atoms with Crippen LogP contribution in [0, 0.1) is 13.8 Å². The van der Waals surface area contributed by atoms with Crippen LogP contribution in [0.5, 0.6) is 0 Å². The van der Waals surface area contributed by atoms with E-state index in [0.717, 1.165) is 23.5 Å². The molecule has 0 fully saturated rings. The Kier molecular flexibility index (Phi) is 2.96. The van der Waals surface area contributed by atoms with Gasteiger partial charge in [0.2, 0.25) is 0 Å². The summed E-state index contributed by atoms with van der Waals surface area (Å²) >= 11 is 0. The molecule has 13 heavy (non-hydrogen) atoms. The Labute approximate surface area is 79.9 Å². The van der Waals surface area contributed by atoms with Crippen LogP contribution in [-0.4, -0.2) is 9.78 Å². The fourth-order valence-corrected chi connectivity index (χ4v) is 1.64. The van der Waals surface area contributed by atoms with Gasteiger partial charge in [-0.25, -0.2) is 0 Å². The number of nitrogen functional groups attached to an aromatic ring is 1. The van der Waals surface area contributed by atoms with Crippen molar-refractivity contribution in [2.75, 3.05) is 5.73 Å². The second-order valence-electron chi connectivity index (χ2n) is 3.67. The predicted octanol–water partition coefficient (Wildman–Crippen LogP) is 2.44. The van der Waals surface area contributed by atoms with E-state index < -0.39 is 0 Å². The van der Waals surface area contributed by atoms with Gasteiger partial charge in [-0.15, -0.1) is 0 Å². The summed E-state index contributed by atoms with van der Waals surface area (Å²) in [7, 11) is 0. The van der Waals surface area contributed by atoms with Crippen molar-refractivity contribution in [3.05, 3.63) is 11.4 Å². The molecule has 0 saturated carbocycles. The second-order valence-corrected chi connectivity index (χ2v) is 3.67. The molecule has 74 valence electrons. The minimum Gasteiger partial charge on any atom is -0.396 e. The highest BCUT2D eigenvalue weighted by molar-refractivity contribution is 5.46. The maximum Gasteiger partial charge on any atom is 0.0826 e. The molecule has 0 aliphatic heterocycles. The molecule has 0 bridgehead atoms. The molecule has 3 heteroatoms. The number of anilines is 1. The Morgan fingerprint density at radius 3 is 2.46 bits per heavy atom. The van der Waals surface area contributed by atoms with E-state index in [1.54, 1.807) is 0 Å². The molecule has 1 atom stereocenters. The van der Waals surface area contributed by atoms with E-state index in [1.165, 1.54) is 6.42 Å². The number of aromatic nitrogens is 2. The molecule has 2 N–H and O–H groups in total. The van der Waals surface area contributed by atoms with E-state index in [9.17, 15) is 0 Å². The lowest BCUT2D eigenvalue weighted by molar-refractivity contribution is 0.444. The van der Waals surface area contributed by atoms with Crippen LogP contribution in [0.15, 0.2) is 0 Å². The molecule has 0 aromatic carbocycles. The molecular weight excluding hydrogens is 162 g/mol. The lowest BCUT2D eigenvalue weighted by Gasteiger charge is -2.12. The quantitative estimate of drug-likeness (QED) is 0.778. The molecule has 3 nitrogen and oxygen atoms in total.